The Morgan fingerprint density at radius 1 is 1.20 bits per heavy atom. The molecule has 0 bridgehead atoms. The van der Waals surface area contributed by atoms with Crippen molar-refractivity contribution in [1.82, 2.24) is 19.8 Å². The topological polar surface area (TPSA) is 47.5 Å². The van der Waals surface area contributed by atoms with Gasteiger partial charge in [0.05, 0.1) is 0 Å². The quantitative estimate of drug-likeness (QED) is 0.847. The fourth-order valence-corrected chi connectivity index (χ4v) is 2.22. The summed E-state index contributed by atoms with van der Waals surface area (Å²) in [5.74, 6) is 1.78. The SMILES string of the molecule is Cc1cc(N2CCN(C)CC2)nc(NCCN(C)C)n1. The third-order valence-electron chi connectivity index (χ3n) is 3.51. The standard InChI is InChI=1S/C14H26N6/c1-12-11-13(20-9-7-19(4)8-10-20)17-14(16-12)15-5-6-18(2)3/h11H,5-10H2,1-4H3,(H,15,16,17). The van der Waals surface area contributed by atoms with Crippen LogP contribution in [0.1, 0.15) is 5.69 Å². The summed E-state index contributed by atoms with van der Waals surface area (Å²) in [7, 11) is 6.29. The van der Waals surface area contributed by atoms with Gasteiger partial charge in [-0.25, -0.2) is 4.98 Å². The first-order valence-corrected chi connectivity index (χ1v) is 7.22. The molecule has 0 aromatic carbocycles. The number of rotatable bonds is 5. The second-order valence-electron chi connectivity index (χ2n) is 5.71. The second-order valence-corrected chi connectivity index (χ2v) is 5.71. The van der Waals surface area contributed by atoms with Gasteiger partial charge in [0.25, 0.3) is 0 Å². The molecule has 2 heterocycles. The molecule has 1 aliphatic rings. The molecule has 1 aliphatic heterocycles. The van der Waals surface area contributed by atoms with Crippen LogP contribution in [0.5, 0.6) is 0 Å². The predicted octanol–water partition coefficient (Wildman–Crippen LogP) is 0.510. The summed E-state index contributed by atoms with van der Waals surface area (Å²) in [6.45, 7) is 8.10. The van der Waals surface area contributed by atoms with E-state index in [2.05, 4.69) is 57.2 Å². The first kappa shape index (κ1) is 15.0. The number of aromatic nitrogens is 2. The minimum atomic E-state index is 0.737. The molecule has 0 atom stereocenters. The molecule has 20 heavy (non-hydrogen) atoms. The first-order valence-electron chi connectivity index (χ1n) is 7.22. The van der Waals surface area contributed by atoms with Crippen LogP contribution in [0.25, 0.3) is 0 Å². The highest BCUT2D eigenvalue weighted by Crippen LogP contribution is 2.16. The van der Waals surface area contributed by atoms with E-state index in [1.54, 1.807) is 0 Å². The van der Waals surface area contributed by atoms with E-state index in [4.69, 9.17) is 0 Å². The van der Waals surface area contributed by atoms with E-state index >= 15 is 0 Å². The molecule has 6 heteroatoms. The van der Waals surface area contributed by atoms with Crippen molar-refractivity contribution in [1.29, 1.82) is 0 Å². The van der Waals surface area contributed by atoms with Crippen LogP contribution in [-0.2, 0) is 0 Å². The molecule has 0 saturated carbocycles. The van der Waals surface area contributed by atoms with Gasteiger partial charge in [0.1, 0.15) is 5.82 Å². The van der Waals surface area contributed by atoms with Gasteiger partial charge in [0.2, 0.25) is 5.95 Å². The summed E-state index contributed by atoms with van der Waals surface area (Å²) in [6, 6.07) is 2.07. The van der Waals surface area contributed by atoms with Crippen LogP contribution < -0.4 is 10.2 Å². The van der Waals surface area contributed by atoms with E-state index in [-0.39, 0.29) is 0 Å². The number of nitrogens with one attached hydrogen (secondary N) is 1. The number of nitrogens with zero attached hydrogens (tertiary/aromatic N) is 5. The zero-order valence-corrected chi connectivity index (χ0v) is 13.1. The highest BCUT2D eigenvalue weighted by atomic mass is 15.3. The number of hydrogen-bond acceptors (Lipinski definition) is 6. The molecule has 1 aromatic rings. The van der Waals surface area contributed by atoms with Crippen molar-refractivity contribution in [2.45, 2.75) is 6.92 Å². The van der Waals surface area contributed by atoms with Crippen molar-refractivity contribution < 1.29 is 0 Å². The molecule has 6 nitrogen and oxygen atoms in total. The molecule has 0 unspecified atom stereocenters. The fourth-order valence-electron chi connectivity index (χ4n) is 2.22. The average Bonchev–Trinajstić information content (AvgIpc) is 2.38. The van der Waals surface area contributed by atoms with E-state index in [1.807, 2.05) is 6.92 Å². The third-order valence-corrected chi connectivity index (χ3v) is 3.51. The molecule has 1 aromatic heterocycles. The number of hydrogen-bond donors (Lipinski definition) is 1. The van der Waals surface area contributed by atoms with Crippen LogP contribution in [0.3, 0.4) is 0 Å². The number of likely N-dealkylation sites (N-methyl/N-ethyl adjacent to an activating group) is 2. The monoisotopic (exact) mass is 278 g/mol. The van der Waals surface area contributed by atoms with Gasteiger partial charge in [0, 0.05) is 51.0 Å². The van der Waals surface area contributed by atoms with Crippen LogP contribution in [0.2, 0.25) is 0 Å². The van der Waals surface area contributed by atoms with Gasteiger partial charge in [0.15, 0.2) is 0 Å². The van der Waals surface area contributed by atoms with Gasteiger partial charge in [-0.15, -0.1) is 0 Å². The largest absolute Gasteiger partial charge is 0.354 e. The molecule has 0 radical (unpaired) electrons. The molecule has 1 N–H and O–H groups in total. The normalized spacial score (nSPS) is 16.8. The van der Waals surface area contributed by atoms with E-state index in [0.717, 1.165) is 56.7 Å². The van der Waals surface area contributed by atoms with Crippen molar-refractivity contribution in [2.24, 2.45) is 0 Å². The van der Waals surface area contributed by atoms with Gasteiger partial charge >= 0.3 is 0 Å². The van der Waals surface area contributed by atoms with Crippen LogP contribution >= 0.6 is 0 Å². The fraction of sp³-hybridized carbons (Fsp3) is 0.714. The summed E-state index contributed by atoms with van der Waals surface area (Å²) in [5, 5.41) is 3.30. The second kappa shape index (κ2) is 6.85. The van der Waals surface area contributed by atoms with Gasteiger partial charge < -0.3 is 20.0 Å². The molecular formula is C14H26N6. The number of aryl methyl sites for hydroxylation is 1. The van der Waals surface area contributed by atoms with Crippen molar-refractivity contribution in [3.63, 3.8) is 0 Å². The Morgan fingerprint density at radius 2 is 1.90 bits per heavy atom. The lowest BCUT2D eigenvalue weighted by Gasteiger charge is -2.33. The van der Waals surface area contributed by atoms with Gasteiger partial charge in [-0.05, 0) is 28.1 Å². The molecule has 2 rings (SSSR count). The Morgan fingerprint density at radius 3 is 2.55 bits per heavy atom. The lowest BCUT2D eigenvalue weighted by molar-refractivity contribution is 0.312. The van der Waals surface area contributed by atoms with Crippen molar-refractivity contribution >= 4 is 11.8 Å². The average molecular weight is 278 g/mol. The molecule has 0 aliphatic carbocycles. The van der Waals surface area contributed by atoms with E-state index < -0.39 is 0 Å². The Bertz CT molecular complexity index is 426. The lowest BCUT2D eigenvalue weighted by Crippen LogP contribution is -2.44. The summed E-state index contributed by atoms with van der Waals surface area (Å²) in [5.41, 5.74) is 1.02. The zero-order chi connectivity index (χ0) is 14.5. The zero-order valence-electron chi connectivity index (χ0n) is 13.1. The Kier molecular flexibility index (Phi) is 5.14. The number of piperazine rings is 1. The summed E-state index contributed by atoms with van der Waals surface area (Å²) < 4.78 is 0. The van der Waals surface area contributed by atoms with Crippen LogP contribution in [0, 0.1) is 6.92 Å². The molecule has 1 saturated heterocycles. The maximum Gasteiger partial charge on any atom is 0.224 e. The van der Waals surface area contributed by atoms with E-state index in [0.29, 0.717) is 0 Å². The molecule has 0 amide bonds. The van der Waals surface area contributed by atoms with Gasteiger partial charge in [-0.3, -0.25) is 0 Å². The van der Waals surface area contributed by atoms with E-state index in [1.165, 1.54) is 0 Å². The first-order chi connectivity index (χ1) is 9.54. The van der Waals surface area contributed by atoms with Crippen molar-refractivity contribution in [3.8, 4) is 0 Å². The maximum atomic E-state index is 4.65. The molecule has 112 valence electrons. The molecule has 1 fully saturated rings. The van der Waals surface area contributed by atoms with Crippen molar-refractivity contribution in [2.75, 3.05) is 70.6 Å². The van der Waals surface area contributed by atoms with Crippen LogP contribution in [0.4, 0.5) is 11.8 Å². The lowest BCUT2D eigenvalue weighted by atomic mass is 10.3. The Balaban J connectivity index is 2.00. The van der Waals surface area contributed by atoms with Gasteiger partial charge in [-0.2, -0.15) is 4.98 Å². The molecular weight excluding hydrogens is 252 g/mol. The van der Waals surface area contributed by atoms with Crippen LogP contribution in [0.15, 0.2) is 6.07 Å². The van der Waals surface area contributed by atoms with E-state index in [9.17, 15) is 0 Å². The maximum absolute atomic E-state index is 4.65. The summed E-state index contributed by atoms with van der Waals surface area (Å²) in [6.07, 6.45) is 0. The molecule has 0 spiro atoms. The van der Waals surface area contributed by atoms with Crippen molar-refractivity contribution in [3.05, 3.63) is 11.8 Å². The highest BCUT2D eigenvalue weighted by Gasteiger charge is 2.16. The third kappa shape index (κ3) is 4.31. The minimum Gasteiger partial charge on any atom is -0.354 e. The predicted molar refractivity (Wildman–Crippen MR) is 83.5 cm³/mol. The number of anilines is 2. The smallest absolute Gasteiger partial charge is 0.224 e. The van der Waals surface area contributed by atoms with Gasteiger partial charge in [-0.1, -0.05) is 0 Å². The minimum absolute atomic E-state index is 0.737. The summed E-state index contributed by atoms with van der Waals surface area (Å²) in [4.78, 5) is 15.9. The Hall–Kier alpha value is -1.40. The Labute approximate surface area is 121 Å². The highest BCUT2D eigenvalue weighted by molar-refractivity contribution is 5.45. The summed E-state index contributed by atoms with van der Waals surface area (Å²) >= 11 is 0. The van der Waals surface area contributed by atoms with Crippen LogP contribution in [-0.4, -0.2) is 80.2 Å².